The largest absolute Gasteiger partial charge is 0.481 e. The van der Waals surface area contributed by atoms with Crippen molar-refractivity contribution >= 4 is 18.6 Å². The third kappa shape index (κ3) is 2.06. The van der Waals surface area contributed by atoms with Gasteiger partial charge in [0.15, 0.2) is 0 Å². The molecular weight excluding hydrogens is 198 g/mol. The number of hydrogen-bond acceptors (Lipinski definition) is 3. The van der Waals surface area contributed by atoms with Gasteiger partial charge in [-0.3, -0.25) is 4.79 Å². The van der Waals surface area contributed by atoms with Gasteiger partial charge in [-0.05, 0) is 24.1 Å². The van der Waals surface area contributed by atoms with Crippen LogP contribution in [0.5, 0.6) is 0 Å². The first-order valence-corrected chi connectivity index (χ1v) is 4.44. The molecule has 1 aromatic rings. The molecule has 3 nitrogen and oxygen atoms in total. The van der Waals surface area contributed by atoms with Crippen LogP contribution >= 0.6 is 12.6 Å². The van der Waals surface area contributed by atoms with Crippen molar-refractivity contribution in [1.82, 2.24) is 0 Å². The first-order valence-electron chi connectivity index (χ1n) is 3.99. The average Bonchev–Trinajstić information content (AvgIpc) is 2.11. The van der Waals surface area contributed by atoms with Gasteiger partial charge in [-0.15, -0.1) is 12.6 Å². The third-order valence-corrected chi connectivity index (χ3v) is 2.36. The Labute approximate surface area is 87.4 Å². The van der Waals surface area contributed by atoms with E-state index in [-0.39, 0.29) is 6.42 Å². The maximum Gasteiger partial charge on any atom is 0.307 e. The summed E-state index contributed by atoms with van der Waals surface area (Å²) in [7, 11) is 0. The number of hydrogen-bond donors (Lipinski definition) is 2. The number of aryl methyl sites for hydroxylation is 1. The third-order valence-electron chi connectivity index (χ3n) is 1.94. The summed E-state index contributed by atoms with van der Waals surface area (Å²) < 4.78 is 0. The van der Waals surface area contributed by atoms with Crippen LogP contribution in [0, 0.1) is 18.3 Å². The first-order chi connectivity index (χ1) is 6.56. The van der Waals surface area contributed by atoms with E-state index in [2.05, 4.69) is 12.6 Å². The van der Waals surface area contributed by atoms with Crippen molar-refractivity contribution in [1.29, 1.82) is 5.26 Å². The van der Waals surface area contributed by atoms with Crippen molar-refractivity contribution < 1.29 is 9.90 Å². The summed E-state index contributed by atoms with van der Waals surface area (Å²) in [6.07, 6.45) is -0.163. The molecule has 72 valence electrons. The Bertz CT molecular complexity index is 421. The van der Waals surface area contributed by atoms with Crippen LogP contribution in [0.2, 0.25) is 0 Å². The topological polar surface area (TPSA) is 61.1 Å². The van der Waals surface area contributed by atoms with Gasteiger partial charge in [-0.2, -0.15) is 5.26 Å². The zero-order valence-corrected chi connectivity index (χ0v) is 8.51. The number of carboxylic acid groups (broad SMARTS) is 1. The lowest BCUT2D eigenvalue weighted by atomic mass is 10.0. The zero-order valence-electron chi connectivity index (χ0n) is 7.61. The number of nitrogens with zero attached hydrogens (tertiary/aromatic N) is 1. The fourth-order valence-electron chi connectivity index (χ4n) is 1.24. The van der Waals surface area contributed by atoms with Crippen molar-refractivity contribution in [2.45, 2.75) is 18.2 Å². The van der Waals surface area contributed by atoms with Crippen LogP contribution in [0.4, 0.5) is 0 Å². The van der Waals surface area contributed by atoms with Gasteiger partial charge in [0.05, 0.1) is 18.1 Å². The molecule has 0 aliphatic carbocycles. The normalized spacial score (nSPS) is 9.50. The van der Waals surface area contributed by atoms with Gasteiger partial charge in [0.1, 0.15) is 0 Å². The van der Waals surface area contributed by atoms with E-state index in [0.717, 1.165) is 5.56 Å². The molecule has 0 heterocycles. The lowest BCUT2D eigenvalue weighted by Crippen LogP contribution is -2.04. The second-order valence-electron chi connectivity index (χ2n) is 2.94. The minimum absolute atomic E-state index is 0.163. The summed E-state index contributed by atoms with van der Waals surface area (Å²) in [6.45, 7) is 1.77. The Balaban J connectivity index is 3.31. The maximum atomic E-state index is 10.6. The van der Waals surface area contributed by atoms with Crippen molar-refractivity contribution in [3.8, 4) is 6.07 Å². The smallest absolute Gasteiger partial charge is 0.307 e. The molecule has 0 aliphatic heterocycles. The van der Waals surface area contributed by atoms with Crippen LogP contribution in [-0.4, -0.2) is 11.1 Å². The molecule has 0 amide bonds. The van der Waals surface area contributed by atoms with Crippen LogP contribution in [0.15, 0.2) is 17.0 Å². The van der Waals surface area contributed by atoms with Crippen LogP contribution in [-0.2, 0) is 11.2 Å². The molecule has 0 saturated carbocycles. The highest BCUT2D eigenvalue weighted by Gasteiger charge is 2.11. The molecule has 1 N–H and O–H groups in total. The second-order valence-corrected chi connectivity index (χ2v) is 3.42. The summed E-state index contributed by atoms with van der Waals surface area (Å²) >= 11 is 4.13. The van der Waals surface area contributed by atoms with Crippen molar-refractivity contribution in [3.05, 3.63) is 28.8 Å². The fraction of sp³-hybridized carbons (Fsp3) is 0.200. The number of aliphatic carboxylic acids is 1. The minimum Gasteiger partial charge on any atom is -0.481 e. The van der Waals surface area contributed by atoms with Gasteiger partial charge in [-0.25, -0.2) is 0 Å². The average molecular weight is 207 g/mol. The summed E-state index contributed by atoms with van der Waals surface area (Å²) in [5, 5.41) is 17.5. The van der Waals surface area contributed by atoms with Gasteiger partial charge in [0, 0.05) is 4.90 Å². The lowest BCUT2D eigenvalue weighted by molar-refractivity contribution is -0.136. The van der Waals surface area contributed by atoms with E-state index in [0.29, 0.717) is 16.0 Å². The molecule has 0 aromatic heterocycles. The van der Waals surface area contributed by atoms with Gasteiger partial charge < -0.3 is 5.11 Å². The highest BCUT2D eigenvalue weighted by atomic mass is 32.1. The number of thiol groups is 1. The Morgan fingerprint density at radius 2 is 2.29 bits per heavy atom. The van der Waals surface area contributed by atoms with E-state index >= 15 is 0 Å². The zero-order chi connectivity index (χ0) is 10.7. The Kier molecular flexibility index (Phi) is 3.15. The number of carboxylic acids is 1. The summed E-state index contributed by atoms with van der Waals surface area (Å²) in [5.74, 6) is -0.956. The molecule has 0 fully saturated rings. The molecule has 0 bridgehead atoms. The van der Waals surface area contributed by atoms with Crippen LogP contribution in [0.25, 0.3) is 0 Å². The predicted molar refractivity (Wildman–Crippen MR) is 54.5 cm³/mol. The van der Waals surface area contributed by atoms with E-state index < -0.39 is 5.97 Å². The molecule has 0 unspecified atom stereocenters. The molecule has 0 radical (unpaired) electrons. The van der Waals surface area contributed by atoms with Crippen LogP contribution in [0.1, 0.15) is 16.7 Å². The fourth-order valence-corrected chi connectivity index (χ4v) is 1.51. The monoisotopic (exact) mass is 207 g/mol. The van der Waals surface area contributed by atoms with E-state index in [1.165, 1.54) is 0 Å². The predicted octanol–water partition coefficient (Wildman–Crippen LogP) is 1.78. The van der Waals surface area contributed by atoms with E-state index in [1.807, 2.05) is 6.07 Å². The van der Waals surface area contributed by atoms with Crippen LogP contribution < -0.4 is 0 Å². The minimum atomic E-state index is -0.956. The quantitative estimate of drug-likeness (QED) is 0.727. The van der Waals surface area contributed by atoms with Gasteiger partial charge in [0.2, 0.25) is 0 Å². The number of carbonyl (C=O) groups is 1. The summed E-state index contributed by atoms with van der Waals surface area (Å²) in [5.41, 5.74) is 1.68. The van der Waals surface area contributed by atoms with E-state index in [4.69, 9.17) is 10.4 Å². The van der Waals surface area contributed by atoms with Gasteiger partial charge in [-0.1, -0.05) is 6.07 Å². The Morgan fingerprint density at radius 3 is 2.79 bits per heavy atom. The molecule has 0 aliphatic rings. The first kappa shape index (κ1) is 10.6. The maximum absolute atomic E-state index is 10.6. The SMILES string of the molecule is Cc1ccc(S)c(CC(=O)O)c1C#N. The number of benzene rings is 1. The standard InChI is InChI=1S/C10H9NO2S/c1-6-2-3-9(14)7(4-10(12)13)8(6)5-11/h2-3,14H,4H2,1H3,(H,12,13). The molecule has 0 spiro atoms. The van der Waals surface area contributed by atoms with E-state index in [9.17, 15) is 4.79 Å². The van der Waals surface area contributed by atoms with Crippen LogP contribution in [0.3, 0.4) is 0 Å². The summed E-state index contributed by atoms with van der Waals surface area (Å²) in [6, 6.07) is 5.46. The lowest BCUT2D eigenvalue weighted by Gasteiger charge is -2.06. The molecule has 14 heavy (non-hydrogen) atoms. The highest BCUT2D eigenvalue weighted by Crippen LogP contribution is 2.21. The van der Waals surface area contributed by atoms with Crippen molar-refractivity contribution in [2.24, 2.45) is 0 Å². The Morgan fingerprint density at radius 1 is 1.64 bits per heavy atom. The Hall–Kier alpha value is -1.47. The molecular formula is C10H9NO2S. The van der Waals surface area contributed by atoms with Gasteiger partial charge >= 0.3 is 5.97 Å². The number of nitriles is 1. The molecule has 0 atom stereocenters. The molecule has 0 saturated heterocycles. The molecule has 4 heteroatoms. The number of rotatable bonds is 2. The molecule has 1 aromatic carbocycles. The van der Waals surface area contributed by atoms with E-state index in [1.54, 1.807) is 19.1 Å². The van der Waals surface area contributed by atoms with Gasteiger partial charge in [0.25, 0.3) is 0 Å². The molecule has 1 rings (SSSR count). The second kappa shape index (κ2) is 4.16. The van der Waals surface area contributed by atoms with Crippen molar-refractivity contribution in [3.63, 3.8) is 0 Å². The highest BCUT2D eigenvalue weighted by molar-refractivity contribution is 7.80. The summed E-state index contributed by atoms with van der Waals surface area (Å²) in [4.78, 5) is 11.1. The van der Waals surface area contributed by atoms with Crippen molar-refractivity contribution in [2.75, 3.05) is 0 Å².